The monoisotopic (exact) mass is 189 g/mol. The zero-order valence-corrected chi connectivity index (χ0v) is 9.15. The van der Waals surface area contributed by atoms with Crippen molar-refractivity contribution in [3.8, 4) is 0 Å². The summed E-state index contributed by atoms with van der Waals surface area (Å²) in [5.74, 6) is -2.14. The van der Waals surface area contributed by atoms with Crippen LogP contribution in [-0.2, 0) is 4.79 Å². The smallest absolute Gasteiger partial charge is 0.224 e. The van der Waals surface area contributed by atoms with E-state index in [4.69, 9.17) is 0 Å². The molecule has 1 amide bonds. The summed E-state index contributed by atoms with van der Waals surface area (Å²) in [6.07, 6.45) is 0.309. The topological polar surface area (TPSA) is 29.1 Å². The minimum absolute atomic E-state index is 0.166. The largest absolute Gasteiger partial charge is 0.324 e. The van der Waals surface area contributed by atoms with Gasteiger partial charge in [0.05, 0.1) is 0 Å². The van der Waals surface area contributed by atoms with Crippen LogP contribution in [0.4, 0.5) is 4.39 Å². The lowest BCUT2D eigenvalue weighted by atomic mass is 9.98. The number of alkyl halides is 1. The Kier molecular flexibility index (Phi) is 4.37. The van der Waals surface area contributed by atoms with Gasteiger partial charge in [-0.2, -0.15) is 0 Å². The van der Waals surface area contributed by atoms with E-state index in [0.717, 1.165) is 0 Å². The van der Waals surface area contributed by atoms with Crippen molar-refractivity contribution in [2.75, 3.05) is 0 Å². The lowest BCUT2D eigenvalue weighted by Crippen LogP contribution is -2.49. The summed E-state index contributed by atoms with van der Waals surface area (Å²) >= 11 is 0. The maximum absolute atomic E-state index is 13.9. The fourth-order valence-electron chi connectivity index (χ4n) is 0.990. The first-order chi connectivity index (χ1) is 5.83. The zero-order chi connectivity index (χ0) is 10.6. The molecule has 0 aliphatic carbocycles. The molecule has 3 heteroatoms. The van der Waals surface area contributed by atoms with Crippen LogP contribution < -0.4 is 5.32 Å². The molecule has 0 bridgehead atoms. The highest BCUT2D eigenvalue weighted by molar-refractivity contribution is 5.78. The van der Waals surface area contributed by atoms with Gasteiger partial charge in [-0.3, -0.25) is 4.79 Å². The van der Waals surface area contributed by atoms with Crippen molar-refractivity contribution in [1.29, 1.82) is 0 Å². The van der Waals surface area contributed by atoms with Gasteiger partial charge in [-0.05, 0) is 6.42 Å². The first-order valence-corrected chi connectivity index (χ1v) is 4.84. The van der Waals surface area contributed by atoms with Gasteiger partial charge in [-0.15, -0.1) is 0 Å². The Hall–Kier alpha value is -0.600. The molecule has 0 spiro atoms. The molecule has 0 aliphatic rings. The molecule has 2 nitrogen and oxygen atoms in total. The lowest BCUT2D eigenvalue weighted by molar-refractivity contribution is -0.130. The number of amides is 1. The van der Waals surface area contributed by atoms with Gasteiger partial charge in [0, 0.05) is 11.8 Å². The van der Waals surface area contributed by atoms with Crippen molar-refractivity contribution in [3.05, 3.63) is 0 Å². The summed E-state index contributed by atoms with van der Waals surface area (Å²) in [4.78, 5) is 11.3. The third-order valence-electron chi connectivity index (χ3n) is 2.29. The highest BCUT2D eigenvalue weighted by Crippen LogP contribution is 2.22. The number of rotatable bonds is 4. The van der Waals surface area contributed by atoms with Crippen LogP contribution >= 0.6 is 0 Å². The highest BCUT2D eigenvalue weighted by Gasteiger charge is 2.33. The fourth-order valence-corrected chi connectivity index (χ4v) is 0.990. The van der Waals surface area contributed by atoms with Gasteiger partial charge in [0.15, 0.2) is 5.79 Å². The predicted molar refractivity (Wildman–Crippen MR) is 51.9 cm³/mol. The summed E-state index contributed by atoms with van der Waals surface area (Å²) in [6, 6.07) is 0. The van der Waals surface area contributed by atoms with Crippen LogP contribution in [0, 0.1) is 11.8 Å². The van der Waals surface area contributed by atoms with E-state index >= 15 is 0 Å². The van der Waals surface area contributed by atoms with Gasteiger partial charge in [-0.1, -0.05) is 34.6 Å². The summed E-state index contributed by atoms with van der Waals surface area (Å²) < 4.78 is 13.9. The number of hydrogen-bond acceptors (Lipinski definition) is 1. The van der Waals surface area contributed by atoms with Crippen molar-refractivity contribution in [2.45, 2.75) is 46.8 Å². The summed E-state index contributed by atoms with van der Waals surface area (Å²) in [5, 5.41) is 2.44. The molecule has 0 aromatic heterocycles. The number of halogens is 1. The molecule has 13 heavy (non-hydrogen) atoms. The average molecular weight is 189 g/mol. The molecule has 0 heterocycles. The quantitative estimate of drug-likeness (QED) is 0.676. The Labute approximate surface area is 79.9 Å². The molecule has 0 saturated heterocycles. The van der Waals surface area contributed by atoms with E-state index in [2.05, 4.69) is 5.32 Å². The predicted octanol–water partition coefficient (Wildman–Crippen LogP) is 2.49. The molecule has 0 fully saturated rings. The summed E-state index contributed by atoms with van der Waals surface area (Å²) in [7, 11) is 0. The average Bonchev–Trinajstić information content (AvgIpc) is 2.03. The lowest BCUT2D eigenvalue weighted by Gasteiger charge is -2.29. The van der Waals surface area contributed by atoms with E-state index in [1.807, 2.05) is 0 Å². The molecule has 0 aliphatic heterocycles. The molecule has 0 saturated carbocycles. The van der Waals surface area contributed by atoms with E-state index < -0.39 is 5.79 Å². The van der Waals surface area contributed by atoms with Crippen LogP contribution in [0.15, 0.2) is 0 Å². The van der Waals surface area contributed by atoms with Crippen LogP contribution in [0.3, 0.4) is 0 Å². The second-order valence-electron chi connectivity index (χ2n) is 4.01. The Morgan fingerprint density at radius 3 is 2.08 bits per heavy atom. The van der Waals surface area contributed by atoms with Gasteiger partial charge in [0.2, 0.25) is 5.91 Å². The third-order valence-corrected chi connectivity index (χ3v) is 2.29. The van der Waals surface area contributed by atoms with Gasteiger partial charge in [0.1, 0.15) is 0 Å². The number of carbonyl (C=O) groups is 1. The molecule has 1 N–H and O–H groups in total. The Morgan fingerprint density at radius 1 is 1.38 bits per heavy atom. The van der Waals surface area contributed by atoms with Crippen molar-refractivity contribution < 1.29 is 9.18 Å². The minimum Gasteiger partial charge on any atom is -0.324 e. The molecular weight excluding hydrogens is 169 g/mol. The van der Waals surface area contributed by atoms with Crippen LogP contribution in [0.1, 0.15) is 41.0 Å². The van der Waals surface area contributed by atoms with Crippen LogP contribution in [-0.4, -0.2) is 11.7 Å². The van der Waals surface area contributed by atoms with Gasteiger partial charge >= 0.3 is 0 Å². The Bertz CT molecular complexity index is 180. The number of hydrogen-bond donors (Lipinski definition) is 1. The molecule has 0 unspecified atom stereocenters. The van der Waals surface area contributed by atoms with E-state index in [9.17, 15) is 9.18 Å². The first kappa shape index (κ1) is 12.4. The third kappa shape index (κ3) is 3.33. The zero-order valence-electron chi connectivity index (χ0n) is 9.15. The Morgan fingerprint density at radius 2 is 1.85 bits per heavy atom. The summed E-state index contributed by atoms with van der Waals surface area (Å²) in [5.41, 5.74) is 0. The van der Waals surface area contributed by atoms with Gasteiger partial charge in [-0.25, -0.2) is 4.39 Å². The standard InChI is InChI=1S/C10H20FNO/c1-6-10(11,8(4)5)12-9(13)7(2)3/h7-8H,6H2,1-5H3,(H,12,13)/t10-/m0/s1. The van der Waals surface area contributed by atoms with Crippen molar-refractivity contribution >= 4 is 5.91 Å². The molecular formula is C10H20FNO. The number of nitrogens with one attached hydrogen (secondary N) is 1. The second kappa shape index (κ2) is 4.58. The number of carbonyl (C=O) groups excluding carboxylic acids is 1. The SMILES string of the molecule is CC[C@](F)(NC(=O)C(C)C)C(C)C. The molecule has 78 valence electrons. The minimum atomic E-state index is -1.55. The van der Waals surface area contributed by atoms with Gasteiger partial charge in [0.25, 0.3) is 0 Å². The van der Waals surface area contributed by atoms with Crippen LogP contribution in [0.2, 0.25) is 0 Å². The van der Waals surface area contributed by atoms with Crippen molar-refractivity contribution in [3.63, 3.8) is 0 Å². The molecule has 0 radical (unpaired) electrons. The van der Waals surface area contributed by atoms with E-state index in [-0.39, 0.29) is 17.7 Å². The van der Waals surface area contributed by atoms with E-state index in [1.54, 1.807) is 34.6 Å². The molecule has 0 rings (SSSR count). The normalized spacial score (nSPS) is 16.0. The second-order valence-corrected chi connectivity index (χ2v) is 4.01. The molecule has 0 aromatic carbocycles. The van der Waals surface area contributed by atoms with E-state index in [0.29, 0.717) is 6.42 Å². The first-order valence-electron chi connectivity index (χ1n) is 4.84. The van der Waals surface area contributed by atoms with E-state index in [1.165, 1.54) is 0 Å². The van der Waals surface area contributed by atoms with Crippen molar-refractivity contribution in [2.24, 2.45) is 11.8 Å². The van der Waals surface area contributed by atoms with Crippen molar-refractivity contribution in [1.82, 2.24) is 5.32 Å². The highest BCUT2D eigenvalue weighted by atomic mass is 19.1. The Balaban J connectivity index is 4.36. The van der Waals surface area contributed by atoms with Crippen LogP contribution in [0.5, 0.6) is 0 Å². The maximum Gasteiger partial charge on any atom is 0.224 e. The molecule has 1 atom stereocenters. The van der Waals surface area contributed by atoms with Crippen LogP contribution in [0.25, 0.3) is 0 Å². The maximum atomic E-state index is 13.9. The molecule has 0 aromatic rings. The summed E-state index contributed by atoms with van der Waals surface area (Å²) in [6.45, 7) is 8.78. The fraction of sp³-hybridized carbons (Fsp3) is 0.900. The van der Waals surface area contributed by atoms with Gasteiger partial charge < -0.3 is 5.32 Å².